The second kappa shape index (κ2) is 7.33. The molecule has 0 bridgehead atoms. The molecular formula is C18H19NO3S. The third-order valence-corrected chi connectivity index (χ3v) is 4.44. The van der Waals surface area contributed by atoms with E-state index in [4.69, 9.17) is 9.47 Å². The van der Waals surface area contributed by atoms with Crippen LogP contribution in [0.2, 0.25) is 0 Å². The molecule has 23 heavy (non-hydrogen) atoms. The van der Waals surface area contributed by atoms with Crippen LogP contribution in [0, 0.1) is 0 Å². The second-order valence-electron chi connectivity index (χ2n) is 5.18. The highest BCUT2D eigenvalue weighted by molar-refractivity contribution is 7.10. The molecule has 0 N–H and O–H groups in total. The van der Waals surface area contributed by atoms with Gasteiger partial charge in [-0.25, -0.2) is 0 Å². The highest BCUT2D eigenvalue weighted by Gasteiger charge is 2.14. The maximum absolute atomic E-state index is 12.4. The van der Waals surface area contributed by atoms with E-state index in [1.165, 1.54) is 0 Å². The minimum atomic E-state index is 0.00999. The monoisotopic (exact) mass is 329 g/mol. The predicted octanol–water partition coefficient (Wildman–Crippen LogP) is 3.58. The number of hydrogen-bond donors (Lipinski definition) is 0. The summed E-state index contributed by atoms with van der Waals surface area (Å²) in [5, 5.41) is 2.00. The molecule has 1 aliphatic heterocycles. The van der Waals surface area contributed by atoms with Gasteiger partial charge in [0.05, 0.1) is 0 Å². The molecule has 5 heteroatoms. The number of carbonyl (C=O) groups is 1. The quantitative estimate of drug-likeness (QED) is 0.787. The average Bonchev–Trinajstić information content (AvgIpc) is 3.11. The Hall–Kier alpha value is -2.27. The number of rotatable bonds is 5. The summed E-state index contributed by atoms with van der Waals surface area (Å²) in [5.41, 5.74) is 1.04. The van der Waals surface area contributed by atoms with Gasteiger partial charge in [-0.15, -0.1) is 11.3 Å². The lowest BCUT2D eigenvalue weighted by Crippen LogP contribution is -2.28. The number of nitrogens with zero attached hydrogens (tertiary/aromatic N) is 1. The molecule has 0 atom stereocenters. The van der Waals surface area contributed by atoms with Crippen molar-refractivity contribution in [2.45, 2.75) is 13.5 Å². The van der Waals surface area contributed by atoms with Gasteiger partial charge in [0, 0.05) is 24.0 Å². The summed E-state index contributed by atoms with van der Waals surface area (Å²) in [4.78, 5) is 15.2. The van der Waals surface area contributed by atoms with Gasteiger partial charge in [-0.3, -0.25) is 4.79 Å². The Balaban J connectivity index is 1.68. The van der Waals surface area contributed by atoms with E-state index in [1.54, 1.807) is 22.3 Å². The van der Waals surface area contributed by atoms with Gasteiger partial charge in [-0.05, 0) is 42.1 Å². The molecule has 0 saturated heterocycles. The number of hydrogen-bond acceptors (Lipinski definition) is 4. The van der Waals surface area contributed by atoms with Crippen molar-refractivity contribution in [2.75, 3.05) is 19.8 Å². The van der Waals surface area contributed by atoms with Gasteiger partial charge in [0.2, 0.25) is 5.91 Å². The summed E-state index contributed by atoms with van der Waals surface area (Å²) in [7, 11) is 0. The molecule has 1 aromatic carbocycles. The molecule has 0 unspecified atom stereocenters. The summed E-state index contributed by atoms with van der Waals surface area (Å²) in [5.74, 6) is 1.54. The number of likely N-dealkylation sites (N-methyl/N-ethyl adjacent to an activating group) is 1. The van der Waals surface area contributed by atoms with Crippen LogP contribution in [0.4, 0.5) is 0 Å². The topological polar surface area (TPSA) is 38.8 Å². The first kappa shape index (κ1) is 15.6. The minimum Gasteiger partial charge on any atom is -0.486 e. The molecule has 1 amide bonds. The van der Waals surface area contributed by atoms with Gasteiger partial charge in [0.1, 0.15) is 13.2 Å². The Kier molecular flexibility index (Phi) is 4.98. The molecule has 3 rings (SSSR count). The first-order valence-corrected chi connectivity index (χ1v) is 8.53. The highest BCUT2D eigenvalue weighted by atomic mass is 32.1. The molecule has 4 nitrogen and oxygen atoms in total. The number of thiophene rings is 1. The van der Waals surface area contributed by atoms with Crippen molar-refractivity contribution in [3.8, 4) is 11.5 Å². The molecule has 2 heterocycles. The smallest absolute Gasteiger partial charge is 0.246 e. The molecule has 120 valence electrons. The van der Waals surface area contributed by atoms with E-state index < -0.39 is 0 Å². The lowest BCUT2D eigenvalue weighted by atomic mass is 10.1. The lowest BCUT2D eigenvalue weighted by molar-refractivity contribution is -0.126. The number of benzene rings is 1. The lowest BCUT2D eigenvalue weighted by Gasteiger charge is -2.22. The summed E-state index contributed by atoms with van der Waals surface area (Å²) in [6.07, 6.45) is 3.49. The molecular weight excluding hydrogens is 310 g/mol. The van der Waals surface area contributed by atoms with Crippen molar-refractivity contribution < 1.29 is 14.3 Å². The maximum atomic E-state index is 12.4. The fraction of sp³-hybridized carbons (Fsp3) is 0.278. The van der Waals surface area contributed by atoms with Crippen LogP contribution in [-0.2, 0) is 11.3 Å². The number of fused-ring (bicyclic) bond motifs is 1. The number of amides is 1. The van der Waals surface area contributed by atoms with E-state index in [9.17, 15) is 4.79 Å². The molecule has 0 radical (unpaired) electrons. The van der Waals surface area contributed by atoms with E-state index in [0.29, 0.717) is 26.3 Å². The zero-order valence-electron chi connectivity index (χ0n) is 13.0. The first-order chi connectivity index (χ1) is 11.3. The Morgan fingerprint density at radius 2 is 2.09 bits per heavy atom. The van der Waals surface area contributed by atoms with Crippen molar-refractivity contribution in [3.05, 3.63) is 52.2 Å². The van der Waals surface area contributed by atoms with Gasteiger partial charge < -0.3 is 14.4 Å². The molecule has 0 fully saturated rings. The number of carbonyl (C=O) groups excluding carboxylic acids is 1. The fourth-order valence-corrected chi connectivity index (χ4v) is 3.02. The third kappa shape index (κ3) is 3.93. The largest absolute Gasteiger partial charge is 0.486 e. The fourth-order valence-electron chi connectivity index (χ4n) is 2.40. The van der Waals surface area contributed by atoms with Crippen LogP contribution in [-0.4, -0.2) is 30.6 Å². The van der Waals surface area contributed by atoms with Crippen LogP contribution < -0.4 is 9.47 Å². The molecule has 0 saturated carbocycles. The third-order valence-electron chi connectivity index (χ3n) is 3.61. The van der Waals surface area contributed by atoms with Crippen molar-refractivity contribution in [1.82, 2.24) is 4.90 Å². The highest BCUT2D eigenvalue weighted by Crippen LogP contribution is 2.31. The van der Waals surface area contributed by atoms with E-state index in [1.807, 2.05) is 48.7 Å². The summed E-state index contributed by atoms with van der Waals surface area (Å²) < 4.78 is 11.1. The van der Waals surface area contributed by atoms with Crippen LogP contribution in [0.1, 0.15) is 17.4 Å². The van der Waals surface area contributed by atoms with Crippen molar-refractivity contribution >= 4 is 23.3 Å². The van der Waals surface area contributed by atoms with Crippen molar-refractivity contribution in [1.29, 1.82) is 0 Å². The zero-order chi connectivity index (χ0) is 16.1. The Morgan fingerprint density at radius 3 is 2.83 bits per heavy atom. The Labute approximate surface area is 140 Å². The van der Waals surface area contributed by atoms with Gasteiger partial charge in [0.25, 0.3) is 0 Å². The SMILES string of the molecule is CCN(Cc1ccc2c(c1)OCCO2)C(=O)/C=C/c1cccs1. The summed E-state index contributed by atoms with van der Waals surface area (Å²) >= 11 is 1.62. The van der Waals surface area contributed by atoms with E-state index in [-0.39, 0.29) is 5.91 Å². The van der Waals surface area contributed by atoms with Gasteiger partial charge in [-0.1, -0.05) is 12.1 Å². The number of ether oxygens (including phenoxy) is 2. The van der Waals surface area contributed by atoms with Crippen LogP contribution in [0.5, 0.6) is 11.5 Å². The van der Waals surface area contributed by atoms with E-state index in [0.717, 1.165) is 21.9 Å². The molecule has 0 aliphatic carbocycles. The van der Waals surface area contributed by atoms with E-state index >= 15 is 0 Å². The van der Waals surface area contributed by atoms with Crippen molar-refractivity contribution in [3.63, 3.8) is 0 Å². The van der Waals surface area contributed by atoms with Gasteiger partial charge >= 0.3 is 0 Å². The normalized spacial score (nSPS) is 13.3. The van der Waals surface area contributed by atoms with Crippen LogP contribution in [0.15, 0.2) is 41.8 Å². The van der Waals surface area contributed by atoms with E-state index in [2.05, 4.69) is 0 Å². The summed E-state index contributed by atoms with van der Waals surface area (Å²) in [6, 6.07) is 9.80. The van der Waals surface area contributed by atoms with Gasteiger partial charge in [-0.2, -0.15) is 0 Å². The molecule has 0 spiro atoms. The first-order valence-electron chi connectivity index (χ1n) is 7.65. The van der Waals surface area contributed by atoms with Crippen LogP contribution >= 0.6 is 11.3 Å². The Bertz CT molecular complexity index is 694. The maximum Gasteiger partial charge on any atom is 0.246 e. The second-order valence-corrected chi connectivity index (χ2v) is 6.16. The van der Waals surface area contributed by atoms with Crippen LogP contribution in [0.3, 0.4) is 0 Å². The summed E-state index contributed by atoms with van der Waals surface area (Å²) in [6.45, 7) is 4.34. The van der Waals surface area contributed by atoms with Gasteiger partial charge in [0.15, 0.2) is 11.5 Å². The predicted molar refractivity (Wildman–Crippen MR) is 91.9 cm³/mol. The zero-order valence-corrected chi connectivity index (χ0v) is 13.8. The molecule has 1 aliphatic rings. The van der Waals surface area contributed by atoms with Crippen LogP contribution in [0.25, 0.3) is 6.08 Å². The van der Waals surface area contributed by atoms with Crippen molar-refractivity contribution in [2.24, 2.45) is 0 Å². The Morgan fingerprint density at radius 1 is 1.26 bits per heavy atom. The molecule has 1 aromatic heterocycles. The standard InChI is InChI=1S/C18H19NO3S/c1-2-19(18(20)8-6-15-4-3-11-23-15)13-14-5-7-16-17(12-14)22-10-9-21-16/h3-8,11-12H,2,9-10,13H2,1H3/b8-6+. The molecule has 2 aromatic rings. The minimum absolute atomic E-state index is 0.00999. The average molecular weight is 329 g/mol.